The molecule has 1 amide bonds. The zero-order valence-electron chi connectivity index (χ0n) is 13.9. The molecule has 24 heavy (non-hydrogen) atoms. The molecule has 8 heteroatoms. The van der Waals surface area contributed by atoms with E-state index in [-0.39, 0.29) is 11.6 Å². The van der Waals surface area contributed by atoms with E-state index >= 15 is 0 Å². The van der Waals surface area contributed by atoms with E-state index in [0.29, 0.717) is 10.8 Å². The van der Waals surface area contributed by atoms with Gasteiger partial charge in [0.15, 0.2) is 5.16 Å². The van der Waals surface area contributed by atoms with E-state index in [2.05, 4.69) is 15.3 Å². The van der Waals surface area contributed by atoms with Crippen LogP contribution < -0.4 is 5.32 Å². The van der Waals surface area contributed by atoms with Crippen LogP contribution in [0.1, 0.15) is 23.9 Å². The molecule has 0 radical (unpaired) electrons. The lowest BCUT2D eigenvalue weighted by Crippen LogP contribution is -2.22. The summed E-state index contributed by atoms with van der Waals surface area (Å²) >= 11 is 1.25. The number of aryl methyl sites for hydroxylation is 2. The summed E-state index contributed by atoms with van der Waals surface area (Å²) in [6, 6.07) is 5.84. The number of nitrogens with one attached hydrogen (secondary N) is 1. The number of amides is 1. The second-order valence-corrected chi connectivity index (χ2v) is 6.67. The number of benzene rings is 1. The Morgan fingerprint density at radius 3 is 2.46 bits per heavy atom. The van der Waals surface area contributed by atoms with Crippen LogP contribution in [0.5, 0.6) is 0 Å². The Balaban J connectivity index is 2.07. The second-order valence-electron chi connectivity index (χ2n) is 5.36. The van der Waals surface area contributed by atoms with Crippen molar-refractivity contribution in [2.75, 3.05) is 5.32 Å². The minimum atomic E-state index is -0.500. The molecule has 0 spiro atoms. The number of carbonyl (C=O) groups excluding carboxylic acids is 1. The van der Waals surface area contributed by atoms with Crippen molar-refractivity contribution in [3.05, 3.63) is 51.3 Å². The van der Waals surface area contributed by atoms with E-state index in [1.54, 1.807) is 13.0 Å². The first-order valence-electron chi connectivity index (χ1n) is 7.31. The van der Waals surface area contributed by atoms with Gasteiger partial charge in [-0.05, 0) is 39.3 Å². The molecule has 0 aliphatic carbocycles. The summed E-state index contributed by atoms with van der Waals surface area (Å²) in [5.41, 5.74) is 3.13. The van der Waals surface area contributed by atoms with Crippen LogP contribution in [0.15, 0.2) is 29.4 Å². The van der Waals surface area contributed by atoms with Gasteiger partial charge in [0, 0.05) is 29.2 Å². The molecule has 0 fully saturated rings. The third kappa shape index (κ3) is 4.29. The molecule has 7 nitrogen and oxygen atoms in total. The Labute approximate surface area is 144 Å². The number of nitrogens with zero attached hydrogens (tertiary/aromatic N) is 3. The van der Waals surface area contributed by atoms with Gasteiger partial charge in [0.1, 0.15) is 0 Å². The first kappa shape index (κ1) is 17.9. The summed E-state index contributed by atoms with van der Waals surface area (Å²) in [5, 5.41) is 13.6. The van der Waals surface area contributed by atoms with Crippen LogP contribution in [0.3, 0.4) is 0 Å². The van der Waals surface area contributed by atoms with Crippen LogP contribution in [-0.4, -0.2) is 26.0 Å². The Kier molecular flexibility index (Phi) is 5.50. The lowest BCUT2D eigenvalue weighted by molar-refractivity contribution is -0.384. The number of nitro groups is 1. The van der Waals surface area contributed by atoms with Crippen LogP contribution >= 0.6 is 11.8 Å². The van der Waals surface area contributed by atoms with Crippen molar-refractivity contribution in [2.45, 2.75) is 38.1 Å². The number of nitro benzene ring substituents is 1. The average molecular weight is 346 g/mol. The molecule has 1 unspecified atom stereocenters. The van der Waals surface area contributed by atoms with Crippen LogP contribution in [0.25, 0.3) is 0 Å². The molecule has 1 N–H and O–H groups in total. The summed E-state index contributed by atoms with van der Waals surface area (Å²) in [6.07, 6.45) is 0. The van der Waals surface area contributed by atoms with Gasteiger partial charge in [-0.3, -0.25) is 14.9 Å². The zero-order chi connectivity index (χ0) is 17.9. The number of non-ortho nitro benzene ring substituents is 1. The number of aromatic nitrogens is 2. The standard InChI is InChI=1S/C16H18N4O3S/c1-9-10(2)17-16(18-11(9)3)24-12(4)15(21)19-13-6-5-7-14(8-13)20(22)23/h5-8,12H,1-4H3,(H,19,21). The molecule has 126 valence electrons. The molecule has 0 saturated carbocycles. The predicted molar refractivity (Wildman–Crippen MR) is 93.3 cm³/mol. The average Bonchev–Trinajstić information content (AvgIpc) is 2.52. The topological polar surface area (TPSA) is 98.0 Å². The summed E-state index contributed by atoms with van der Waals surface area (Å²) < 4.78 is 0. The lowest BCUT2D eigenvalue weighted by atomic mass is 10.2. The Morgan fingerprint density at radius 2 is 1.88 bits per heavy atom. The number of anilines is 1. The number of carbonyl (C=O) groups is 1. The molecular formula is C16H18N4O3S. The maximum absolute atomic E-state index is 12.3. The van der Waals surface area contributed by atoms with Gasteiger partial charge in [-0.25, -0.2) is 9.97 Å². The Morgan fingerprint density at radius 1 is 1.25 bits per heavy atom. The molecule has 0 aliphatic rings. The molecule has 1 aromatic carbocycles. The molecule has 0 saturated heterocycles. The highest BCUT2D eigenvalue weighted by atomic mass is 32.2. The largest absolute Gasteiger partial charge is 0.325 e. The highest BCUT2D eigenvalue weighted by Crippen LogP contribution is 2.23. The highest BCUT2D eigenvalue weighted by Gasteiger charge is 2.18. The first-order chi connectivity index (χ1) is 11.3. The molecular weight excluding hydrogens is 328 g/mol. The molecule has 1 atom stereocenters. The van der Waals surface area contributed by atoms with Crippen LogP contribution in [0.4, 0.5) is 11.4 Å². The van der Waals surface area contributed by atoms with Crippen molar-refractivity contribution in [1.82, 2.24) is 9.97 Å². The minimum absolute atomic E-state index is 0.0683. The number of thioether (sulfide) groups is 1. The summed E-state index contributed by atoms with van der Waals surface area (Å²) in [7, 11) is 0. The maximum Gasteiger partial charge on any atom is 0.271 e. The summed E-state index contributed by atoms with van der Waals surface area (Å²) in [5.74, 6) is -0.264. The van der Waals surface area contributed by atoms with E-state index in [9.17, 15) is 14.9 Å². The van der Waals surface area contributed by atoms with Gasteiger partial charge >= 0.3 is 0 Å². The van der Waals surface area contributed by atoms with E-state index in [1.165, 1.54) is 30.0 Å². The lowest BCUT2D eigenvalue weighted by Gasteiger charge is -2.12. The smallest absolute Gasteiger partial charge is 0.271 e. The van der Waals surface area contributed by atoms with Crippen molar-refractivity contribution in [2.24, 2.45) is 0 Å². The number of hydrogen-bond acceptors (Lipinski definition) is 6. The van der Waals surface area contributed by atoms with Crippen molar-refractivity contribution in [3.63, 3.8) is 0 Å². The maximum atomic E-state index is 12.3. The first-order valence-corrected chi connectivity index (χ1v) is 8.19. The minimum Gasteiger partial charge on any atom is -0.325 e. The molecule has 1 heterocycles. The summed E-state index contributed by atoms with van der Waals surface area (Å²) in [4.78, 5) is 31.3. The number of hydrogen-bond donors (Lipinski definition) is 1. The van der Waals surface area contributed by atoms with E-state index in [0.717, 1.165) is 17.0 Å². The Hall–Kier alpha value is -2.48. The number of rotatable bonds is 5. The van der Waals surface area contributed by atoms with Crippen molar-refractivity contribution >= 4 is 29.0 Å². The van der Waals surface area contributed by atoms with Gasteiger partial charge in [-0.15, -0.1) is 0 Å². The molecule has 2 rings (SSSR count). The van der Waals surface area contributed by atoms with Crippen LogP contribution in [0, 0.1) is 30.9 Å². The van der Waals surface area contributed by atoms with Crippen molar-refractivity contribution in [1.29, 1.82) is 0 Å². The zero-order valence-corrected chi connectivity index (χ0v) is 14.7. The van der Waals surface area contributed by atoms with Gasteiger partial charge < -0.3 is 5.32 Å². The third-order valence-electron chi connectivity index (χ3n) is 3.59. The Bertz CT molecular complexity index is 772. The van der Waals surface area contributed by atoms with Gasteiger partial charge in [0.05, 0.1) is 10.2 Å². The van der Waals surface area contributed by atoms with Gasteiger partial charge in [-0.1, -0.05) is 17.8 Å². The quantitative estimate of drug-likeness (QED) is 0.385. The van der Waals surface area contributed by atoms with Crippen LogP contribution in [0.2, 0.25) is 0 Å². The van der Waals surface area contributed by atoms with Gasteiger partial charge in [-0.2, -0.15) is 0 Å². The fourth-order valence-electron chi connectivity index (χ4n) is 1.95. The third-order valence-corrected chi connectivity index (χ3v) is 4.55. The van der Waals surface area contributed by atoms with E-state index in [4.69, 9.17) is 0 Å². The van der Waals surface area contributed by atoms with Gasteiger partial charge in [0.25, 0.3) is 5.69 Å². The van der Waals surface area contributed by atoms with Crippen LogP contribution in [-0.2, 0) is 4.79 Å². The van der Waals surface area contributed by atoms with Crippen molar-refractivity contribution < 1.29 is 9.72 Å². The fourth-order valence-corrected chi connectivity index (χ4v) is 2.81. The predicted octanol–water partition coefficient (Wildman–Crippen LogP) is 3.43. The molecule has 1 aromatic heterocycles. The second kappa shape index (κ2) is 7.39. The molecule has 0 aliphatic heterocycles. The highest BCUT2D eigenvalue weighted by molar-refractivity contribution is 8.00. The van der Waals surface area contributed by atoms with E-state index < -0.39 is 10.2 Å². The van der Waals surface area contributed by atoms with E-state index in [1.807, 2.05) is 20.8 Å². The SMILES string of the molecule is Cc1nc(SC(C)C(=O)Nc2cccc([N+](=O)[O-])c2)nc(C)c1C. The molecule has 2 aromatic rings. The fraction of sp³-hybridized carbons (Fsp3) is 0.312. The molecule has 0 bridgehead atoms. The van der Waals surface area contributed by atoms with Gasteiger partial charge in [0.2, 0.25) is 5.91 Å². The van der Waals surface area contributed by atoms with Crippen molar-refractivity contribution in [3.8, 4) is 0 Å². The normalized spacial score (nSPS) is 11.8. The monoisotopic (exact) mass is 346 g/mol. The summed E-state index contributed by atoms with van der Waals surface area (Å²) in [6.45, 7) is 7.51.